The lowest BCUT2D eigenvalue weighted by molar-refractivity contribution is -0.105. The van der Waals surface area contributed by atoms with E-state index in [1.54, 1.807) is 12.1 Å². The molecule has 34 heavy (non-hydrogen) atoms. The molecule has 0 atom stereocenters. The van der Waals surface area contributed by atoms with E-state index in [2.05, 4.69) is 10.6 Å². The highest BCUT2D eigenvalue weighted by atomic mass is 16.2. The lowest BCUT2D eigenvalue weighted by Crippen LogP contribution is -2.41. The molecular weight excluding hydrogens is 426 g/mol. The van der Waals surface area contributed by atoms with Crippen LogP contribution in [0.15, 0.2) is 84.9 Å². The predicted molar refractivity (Wildman–Crippen MR) is 134 cm³/mol. The molecule has 1 aliphatic heterocycles. The van der Waals surface area contributed by atoms with Gasteiger partial charge in [-0.25, -0.2) is 0 Å². The van der Waals surface area contributed by atoms with E-state index in [0.29, 0.717) is 37.0 Å². The number of anilines is 2. The van der Waals surface area contributed by atoms with Crippen molar-refractivity contribution in [2.75, 3.05) is 23.7 Å². The molecule has 2 N–H and O–H groups in total. The number of rotatable bonds is 8. The van der Waals surface area contributed by atoms with Crippen LogP contribution >= 0.6 is 0 Å². The minimum atomic E-state index is -0.229. The molecule has 6 nitrogen and oxygen atoms in total. The van der Waals surface area contributed by atoms with Gasteiger partial charge in [0, 0.05) is 41.0 Å². The molecule has 1 heterocycles. The zero-order valence-corrected chi connectivity index (χ0v) is 18.5. The molecule has 4 aromatic rings. The van der Waals surface area contributed by atoms with Crippen LogP contribution in [0, 0.1) is 0 Å². The summed E-state index contributed by atoms with van der Waals surface area (Å²) < 4.78 is 0. The van der Waals surface area contributed by atoms with Crippen LogP contribution in [-0.2, 0) is 4.79 Å². The Morgan fingerprint density at radius 3 is 1.82 bits per heavy atom. The molecule has 0 saturated heterocycles. The molecule has 0 aliphatic carbocycles. The van der Waals surface area contributed by atoms with Gasteiger partial charge >= 0.3 is 0 Å². The van der Waals surface area contributed by atoms with Crippen LogP contribution in [0.25, 0.3) is 21.9 Å². The Labute approximate surface area is 197 Å². The molecule has 6 heteroatoms. The SMILES string of the molecule is O=CNc1ccc(-c2ccc(NCCCN3C(=O)c4cccc5cccc(c45)C3=O)cc2)cc1. The molecule has 5 rings (SSSR count). The van der Waals surface area contributed by atoms with Crippen molar-refractivity contribution >= 4 is 40.4 Å². The molecule has 0 bridgehead atoms. The maximum atomic E-state index is 13.0. The highest BCUT2D eigenvalue weighted by molar-refractivity contribution is 6.25. The highest BCUT2D eigenvalue weighted by Crippen LogP contribution is 2.30. The van der Waals surface area contributed by atoms with Crippen LogP contribution < -0.4 is 10.6 Å². The van der Waals surface area contributed by atoms with Crippen molar-refractivity contribution in [2.24, 2.45) is 0 Å². The first-order valence-corrected chi connectivity index (χ1v) is 11.2. The number of carbonyl (C=O) groups excluding carboxylic acids is 3. The Balaban J connectivity index is 1.19. The van der Waals surface area contributed by atoms with Gasteiger partial charge in [0.05, 0.1) is 0 Å². The number of hydrogen-bond donors (Lipinski definition) is 2. The Hall–Kier alpha value is -4.45. The van der Waals surface area contributed by atoms with Crippen molar-refractivity contribution in [3.05, 3.63) is 96.1 Å². The molecular formula is C28H23N3O3. The topological polar surface area (TPSA) is 78.5 Å². The molecule has 4 aromatic carbocycles. The standard InChI is InChI=1S/C28H23N3O3/c32-18-30-23-14-10-20(11-15-23)19-8-12-22(13-9-19)29-16-3-17-31-27(33)24-6-1-4-21-5-2-7-25(26(21)24)28(31)34/h1-2,4-15,18,29H,3,16-17H2,(H,30,32). The second-order valence-corrected chi connectivity index (χ2v) is 8.17. The molecule has 0 aromatic heterocycles. The van der Waals surface area contributed by atoms with Gasteiger partial charge in [0.1, 0.15) is 0 Å². The summed E-state index contributed by atoms with van der Waals surface area (Å²) in [5.74, 6) is -0.457. The lowest BCUT2D eigenvalue weighted by Gasteiger charge is -2.27. The van der Waals surface area contributed by atoms with E-state index in [-0.39, 0.29) is 11.8 Å². The van der Waals surface area contributed by atoms with Gasteiger partial charge in [0.25, 0.3) is 11.8 Å². The number of amides is 3. The smallest absolute Gasteiger partial charge is 0.261 e. The Morgan fingerprint density at radius 1 is 0.706 bits per heavy atom. The minimum absolute atomic E-state index is 0.229. The number of nitrogens with zero attached hydrogens (tertiary/aromatic N) is 1. The number of nitrogens with one attached hydrogen (secondary N) is 2. The first-order chi connectivity index (χ1) is 16.7. The van der Waals surface area contributed by atoms with Gasteiger partial charge in [0.15, 0.2) is 0 Å². The van der Waals surface area contributed by atoms with Crippen molar-refractivity contribution < 1.29 is 14.4 Å². The highest BCUT2D eigenvalue weighted by Gasteiger charge is 2.31. The van der Waals surface area contributed by atoms with Gasteiger partial charge in [-0.1, -0.05) is 48.5 Å². The third-order valence-electron chi connectivity index (χ3n) is 6.07. The molecule has 0 unspecified atom stereocenters. The molecule has 168 valence electrons. The second-order valence-electron chi connectivity index (χ2n) is 8.17. The Bertz CT molecular complexity index is 1330. The summed E-state index contributed by atoms with van der Waals surface area (Å²) in [7, 11) is 0. The quantitative estimate of drug-likeness (QED) is 0.221. The summed E-state index contributed by atoms with van der Waals surface area (Å²) in [6, 6.07) is 26.8. The summed E-state index contributed by atoms with van der Waals surface area (Å²) in [5, 5.41) is 7.65. The van der Waals surface area contributed by atoms with Crippen molar-refractivity contribution in [1.29, 1.82) is 0 Å². The van der Waals surface area contributed by atoms with E-state index in [9.17, 15) is 14.4 Å². The van der Waals surface area contributed by atoms with E-state index in [1.807, 2.05) is 72.8 Å². The molecule has 0 radical (unpaired) electrons. The fraction of sp³-hybridized carbons (Fsp3) is 0.107. The largest absolute Gasteiger partial charge is 0.385 e. The first kappa shape index (κ1) is 21.4. The van der Waals surface area contributed by atoms with Crippen LogP contribution in [-0.4, -0.2) is 36.2 Å². The van der Waals surface area contributed by atoms with E-state index in [4.69, 9.17) is 0 Å². The van der Waals surface area contributed by atoms with Crippen LogP contribution in [0.2, 0.25) is 0 Å². The Kier molecular flexibility index (Phi) is 5.79. The van der Waals surface area contributed by atoms with Gasteiger partial charge in [-0.05, 0) is 59.3 Å². The van der Waals surface area contributed by atoms with Gasteiger partial charge in [-0.2, -0.15) is 0 Å². The number of imide groups is 1. The third kappa shape index (κ3) is 4.01. The van der Waals surface area contributed by atoms with Gasteiger partial charge in [-0.15, -0.1) is 0 Å². The van der Waals surface area contributed by atoms with E-state index in [1.165, 1.54) is 4.90 Å². The maximum absolute atomic E-state index is 13.0. The third-order valence-corrected chi connectivity index (χ3v) is 6.07. The summed E-state index contributed by atoms with van der Waals surface area (Å²) in [5.41, 5.74) is 5.02. The normalized spacial score (nSPS) is 12.6. The van der Waals surface area contributed by atoms with Gasteiger partial charge in [0.2, 0.25) is 6.41 Å². The average molecular weight is 450 g/mol. The first-order valence-electron chi connectivity index (χ1n) is 11.2. The van der Waals surface area contributed by atoms with Crippen molar-refractivity contribution in [1.82, 2.24) is 4.90 Å². The molecule has 0 spiro atoms. The monoisotopic (exact) mass is 449 g/mol. The lowest BCUT2D eigenvalue weighted by atomic mass is 9.94. The molecule has 1 aliphatic rings. The summed E-state index contributed by atoms with van der Waals surface area (Å²) in [4.78, 5) is 37.8. The zero-order valence-electron chi connectivity index (χ0n) is 18.5. The van der Waals surface area contributed by atoms with Gasteiger partial charge < -0.3 is 10.6 Å². The Morgan fingerprint density at radius 2 is 1.26 bits per heavy atom. The maximum Gasteiger partial charge on any atom is 0.261 e. The number of hydrogen-bond acceptors (Lipinski definition) is 4. The fourth-order valence-corrected chi connectivity index (χ4v) is 4.36. The van der Waals surface area contributed by atoms with E-state index in [0.717, 1.165) is 33.3 Å². The molecule has 0 saturated carbocycles. The van der Waals surface area contributed by atoms with Crippen molar-refractivity contribution in [3.63, 3.8) is 0 Å². The van der Waals surface area contributed by atoms with Crippen LogP contribution in [0.4, 0.5) is 11.4 Å². The average Bonchev–Trinajstić information content (AvgIpc) is 2.88. The number of carbonyl (C=O) groups is 3. The van der Waals surface area contributed by atoms with Gasteiger partial charge in [-0.3, -0.25) is 19.3 Å². The predicted octanol–water partition coefficient (Wildman–Crippen LogP) is 5.17. The van der Waals surface area contributed by atoms with E-state index >= 15 is 0 Å². The minimum Gasteiger partial charge on any atom is -0.385 e. The van der Waals surface area contributed by atoms with Crippen molar-refractivity contribution in [3.8, 4) is 11.1 Å². The summed E-state index contributed by atoms with van der Waals surface area (Å²) in [6.07, 6.45) is 1.30. The van der Waals surface area contributed by atoms with Crippen LogP contribution in [0.1, 0.15) is 27.1 Å². The summed E-state index contributed by atoms with van der Waals surface area (Å²) >= 11 is 0. The molecule has 0 fully saturated rings. The van der Waals surface area contributed by atoms with Crippen LogP contribution in [0.3, 0.4) is 0 Å². The van der Waals surface area contributed by atoms with Crippen LogP contribution in [0.5, 0.6) is 0 Å². The summed E-state index contributed by atoms with van der Waals surface area (Å²) in [6.45, 7) is 0.989. The fourth-order valence-electron chi connectivity index (χ4n) is 4.36. The van der Waals surface area contributed by atoms with Crippen molar-refractivity contribution in [2.45, 2.75) is 6.42 Å². The molecule has 3 amide bonds. The second kappa shape index (κ2) is 9.19. The van der Waals surface area contributed by atoms with E-state index < -0.39 is 0 Å². The zero-order chi connectivity index (χ0) is 23.5. The number of benzene rings is 4.